The lowest BCUT2D eigenvalue weighted by Gasteiger charge is -2.07. The van der Waals surface area contributed by atoms with Crippen LogP contribution in [0.15, 0.2) is 23.0 Å². The van der Waals surface area contributed by atoms with Crippen LogP contribution in [0.1, 0.15) is 6.42 Å². The average Bonchev–Trinajstić information content (AvgIpc) is 2.38. The predicted octanol–water partition coefficient (Wildman–Crippen LogP) is -0.144. The number of nitrogens with one attached hydrogen (secondary N) is 3. The Morgan fingerprint density at radius 3 is 2.81 bits per heavy atom. The molecule has 1 heterocycles. The average molecular weight is 311 g/mol. The molecule has 2 rings (SSSR count). The van der Waals surface area contributed by atoms with Crippen LogP contribution in [0.25, 0.3) is 10.9 Å². The summed E-state index contributed by atoms with van der Waals surface area (Å²) in [5.41, 5.74) is 6.40. The Morgan fingerprint density at radius 1 is 1.33 bits per heavy atom. The Bertz CT molecular complexity index is 800. The number of rotatable bonds is 6. The van der Waals surface area contributed by atoms with Crippen molar-refractivity contribution in [1.29, 1.82) is 0 Å². The molecule has 8 nitrogen and oxygen atoms in total. The molecule has 0 aliphatic carbocycles. The number of hydrogen-bond donors (Lipinski definition) is 4. The van der Waals surface area contributed by atoms with Crippen LogP contribution >= 0.6 is 0 Å². The number of aromatic nitrogens is 2. The molecule has 1 aromatic carbocycles. The Balaban J connectivity index is 2.00. The second-order valence-electron chi connectivity index (χ2n) is 4.64. The molecule has 0 fully saturated rings. The maximum absolute atomic E-state index is 11.9. The van der Waals surface area contributed by atoms with Crippen molar-refractivity contribution < 1.29 is 8.42 Å². The Kier molecular flexibility index (Phi) is 4.43. The fourth-order valence-electron chi connectivity index (χ4n) is 1.79. The number of sulfonamides is 1. The largest absolute Gasteiger partial charge is 0.399 e. The first-order chi connectivity index (χ1) is 9.85. The number of nitrogens with zero attached hydrogens (tertiary/aromatic N) is 1. The molecule has 2 aromatic rings. The third kappa shape index (κ3) is 4.43. The van der Waals surface area contributed by atoms with Crippen LogP contribution in [0, 0.1) is 0 Å². The van der Waals surface area contributed by atoms with E-state index in [-0.39, 0.29) is 5.56 Å². The van der Waals surface area contributed by atoms with Crippen LogP contribution in [-0.2, 0) is 10.0 Å². The molecule has 0 bridgehead atoms. The SMILES string of the molecule is CS(=O)(=O)NCCCNc1nc2ccc(N)cc2c(=O)[nH]1. The Labute approximate surface area is 121 Å². The zero-order valence-corrected chi connectivity index (χ0v) is 12.3. The van der Waals surface area contributed by atoms with E-state index in [1.165, 1.54) is 0 Å². The lowest BCUT2D eigenvalue weighted by atomic mass is 10.2. The molecule has 0 spiro atoms. The van der Waals surface area contributed by atoms with Gasteiger partial charge in [0, 0.05) is 18.8 Å². The van der Waals surface area contributed by atoms with Gasteiger partial charge < -0.3 is 11.1 Å². The van der Waals surface area contributed by atoms with Gasteiger partial charge in [0.05, 0.1) is 17.2 Å². The van der Waals surface area contributed by atoms with Crippen molar-refractivity contribution >= 4 is 32.6 Å². The van der Waals surface area contributed by atoms with E-state index in [4.69, 9.17) is 5.73 Å². The Hall–Kier alpha value is -2.13. The second-order valence-corrected chi connectivity index (χ2v) is 6.47. The number of aromatic amines is 1. The molecule has 0 aliphatic rings. The molecule has 0 amide bonds. The van der Waals surface area contributed by atoms with Gasteiger partial charge in [-0.2, -0.15) is 0 Å². The van der Waals surface area contributed by atoms with E-state index in [0.717, 1.165) is 6.26 Å². The monoisotopic (exact) mass is 311 g/mol. The van der Waals surface area contributed by atoms with E-state index in [1.54, 1.807) is 18.2 Å². The summed E-state index contributed by atoms with van der Waals surface area (Å²) in [6.45, 7) is 0.798. The molecule has 5 N–H and O–H groups in total. The fraction of sp³-hybridized carbons (Fsp3) is 0.333. The number of H-pyrrole nitrogens is 1. The molecule has 0 saturated heterocycles. The molecule has 1 aromatic heterocycles. The van der Waals surface area contributed by atoms with Gasteiger partial charge in [-0.25, -0.2) is 18.1 Å². The van der Waals surface area contributed by atoms with Gasteiger partial charge >= 0.3 is 0 Å². The normalized spacial score (nSPS) is 11.7. The molecule has 0 saturated carbocycles. The number of nitrogen functional groups attached to an aromatic ring is 1. The standard InChI is InChI=1S/C12H17N5O3S/c1-21(19,20)15-6-2-5-14-12-16-10-4-3-8(13)7-9(10)11(18)17-12/h3-4,7,15H,2,5-6,13H2,1H3,(H2,14,16,17,18). The minimum absolute atomic E-state index is 0.274. The van der Waals surface area contributed by atoms with Gasteiger partial charge in [0.25, 0.3) is 5.56 Å². The van der Waals surface area contributed by atoms with Crippen molar-refractivity contribution in [1.82, 2.24) is 14.7 Å². The molecular weight excluding hydrogens is 294 g/mol. The van der Waals surface area contributed by atoms with Crippen LogP contribution in [0.2, 0.25) is 0 Å². The minimum Gasteiger partial charge on any atom is -0.399 e. The van der Waals surface area contributed by atoms with Gasteiger partial charge in [0.2, 0.25) is 16.0 Å². The number of nitrogens with two attached hydrogens (primary N) is 1. The van der Waals surface area contributed by atoms with Crippen LogP contribution in [0.5, 0.6) is 0 Å². The quantitative estimate of drug-likeness (QED) is 0.434. The van der Waals surface area contributed by atoms with E-state index in [0.29, 0.717) is 42.0 Å². The number of fused-ring (bicyclic) bond motifs is 1. The molecular formula is C12H17N5O3S. The number of hydrogen-bond acceptors (Lipinski definition) is 6. The topological polar surface area (TPSA) is 130 Å². The lowest BCUT2D eigenvalue weighted by Crippen LogP contribution is -2.24. The molecule has 0 radical (unpaired) electrons. The minimum atomic E-state index is -3.17. The van der Waals surface area contributed by atoms with Crippen molar-refractivity contribution in [3.63, 3.8) is 0 Å². The maximum Gasteiger partial charge on any atom is 0.260 e. The highest BCUT2D eigenvalue weighted by atomic mass is 32.2. The van der Waals surface area contributed by atoms with Gasteiger partial charge in [0.15, 0.2) is 0 Å². The second kappa shape index (κ2) is 6.10. The lowest BCUT2D eigenvalue weighted by molar-refractivity contribution is 0.586. The summed E-state index contributed by atoms with van der Waals surface area (Å²) in [5, 5.41) is 3.38. The molecule has 9 heteroatoms. The van der Waals surface area contributed by atoms with Crippen molar-refractivity contribution in [2.75, 3.05) is 30.4 Å². The number of benzene rings is 1. The van der Waals surface area contributed by atoms with Crippen LogP contribution in [0.4, 0.5) is 11.6 Å². The molecule has 21 heavy (non-hydrogen) atoms. The number of anilines is 2. The van der Waals surface area contributed by atoms with Crippen molar-refractivity contribution in [2.45, 2.75) is 6.42 Å². The molecule has 0 unspecified atom stereocenters. The smallest absolute Gasteiger partial charge is 0.260 e. The third-order valence-corrected chi connectivity index (χ3v) is 3.47. The van der Waals surface area contributed by atoms with Gasteiger partial charge in [-0.05, 0) is 24.6 Å². The van der Waals surface area contributed by atoms with Crippen molar-refractivity contribution in [3.8, 4) is 0 Å². The summed E-state index contributed by atoms with van der Waals surface area (Å²) in [6, 6.07) is 4.92. The zero-order chi connectivity index (χ0) is 15.5. The summed E-state index contributed by atoms with van der Waals surface area (Å²) in [7, 11) is -3.17. The highest BCUT2D eigenvalue weighted by Crippen LogP contribution is 2.12. The summed E-state index contributed by atoms with van der Waals surface area (Å²) in [6.07, 6.45) is 1.67. The summed E-state index contributed by atoms with van der Waals surface area (Å²) in [4.78, 5) is 18.8. The first kappa shape index (κ1) is 15.3. The summed E-state index contributed by atoms with van der Waals surface area (Å²) >= 11 is 0. The maximum atomic E-state index is 11.9. The molecule has 0 aliphatic heterocycles. The van der Waals surface area contributed by atoms with E-state index in [1.807, 2.05) is 0 Å². The van der Waals surface area contributed by atoms with E-state index >= 15 is 0 Å². The first-order valence-electron chi connectivity index (χ1n) is 6.33. The van der Waals surface area contributed by atoms with Gasteiger partial charge in [0.1, 0.15) is 0 Å². The van der Waals surface area contributed by atoms with E-state index in [2.05, 4.69) is 20.0 Å². The highest BCUT2D eigenvalue weighted by molar-refractivity contribution is 7.88. The zero-order valence-electron chi connectivity index (χ0n) is 11.5. The molecule has 114 valence electrons. The molecule has 0 atom stereocenters. The fourth-order valence-corrected chi connectivity index (χ4v) is 2.31. The van der Waals surface area contributed by atoms with E-state index in [9.17, 15) is 13.2 Å². The highest BCUT2D eigenvalue weighted by Gasteiger charge is 2.04. The Morgan fingerprint density at radius 2 is 2.10 bits per heavy atom. The van der Waals surface area contributed by atoms with Crippen LogP contribution < -0.4 is 21.3 Å². The van der Waals surface area contributed by atoms with Gasteiger partial charge in [-0.3, -0.25) is 9.78 Å². The summed E-state index contributed by atoms with van der Waals surface area (Å²) < 4.78 is 24.1. The predicted molar refractivity (Wildman–Crippen MR) is 82.7 cm³/mol. The summed E-state index contributed by atoms with van der Waals surface area (Å²) in [5.74, 6) is 0.344. The van der Waals surface area contributed by atoms with E-state index < -0.39 is 10.0 Å². The van der Waals surface area contributed by atoms with Gasteiger partial charge in [-0.15, -0.1) is 0 Å². The van der Waals surface area contributed by atoms with Crippen LogP contribution in [-0.4, -0.2) is 37.7 Å². The van der Waals surface area contributed by atoms with Crippen molar-refractivity contribution in [3.05, 3.63) is 28.6 Å². The van der Waals surface area contributed by atoms with Crippen LogP contribution in [0.3, 0.4) is 0 Å². The van der Waals surface area contributed by atoms with Gasteiger partial charge in [-0.1, -0.05) is 0 Å². The first-order valence-corrected chi connectivity index (χ1v) is 8.22. The third-order valence-electron chi connectivity index (χ3n) is 2.74. The van der Waals surface area contributed by atoms with Crippen molar-refractivity contribution in [2.24, 2.45) is 0 Å².